The SMILES string of the molecule is COc1cc2c(O)c(C(=S)N(C)c3ccccc3Cl)c(=O)n(C)c2cc1Cl. The number of hydrogen-bond donors (Lipinski definition) is 1. The van der Waals surface area contributed by atoms with Crippen molar-refractivity contribution in [2.75, 3.05) is 19.1 Å². The van der Waals surface area contributed by atoms with E-state index in [0.29, 0.717) is 32.4 Å². The minimum atomic E-state index is -0.440. The van der Waals surface area contributed by atoms with Crippen LogP contribution in [-0.4, -0.2) is 28.8 Å². The molecule has 3 aromatic rings. The first kappa shape index (κ1) is 19.5. The lowest BCUT2D eigenvalue weighted by Gasteiger charge is -2.23. The van der Waals surface area contributed by atoms with Gasteiger partial charge in [0.05, 0.1) is 28.4 Å². The maximum absolute atomic E-state index is 12.9. The number of methoxy groups -OCH3 is 1. The number of fused-ring (bicyclic) bond motifs is 1. The summed E-state index contributed by atoms with van der Waals surface area (Å²) < 4.78 is 6.61. The molecule has 0 bridgehead atoms. The Morgan fingerprint density at radius 1 is 1.22 bits per heavy atom. The van der Waals surface area contributed by atoms with E-state index < -0.39 is 5.56 Å². The number of pyridine rings is 1. The molecule has 8 heteroatoms. The molecule has 0 radical (unpaired) electrons. The molecule has 0 aliphatic heterocycles. The van der Waals surface area contributed by atoms with Gasteiger partial charge in [0, 0.05) is 19.5 Å². The van der Waals surface area contributed by atoms with E-state index in [1.165, 1.54) is 11.7 Å². The molecule has 0 spiro atoms. The fourth-order valence-electron chi connectivity index (χ4n) is 2.87. The number of benzene rings is 2. The second-order valence-electron chi connectivity index (χ2n) is 5.91. The molecule has 0 amide bonds. The topological polar surface area (TPSA) is 54.7 Å². The molecule has 0 aliphatic rings. The third-order valence-electron chi connectivity index (χ3n) is 4.37. The summed E-state index contributed by atoms with van der Waals surface area (Å²) in [6, 6.07) is 10.3. The zero-order chi connectivity index (χ0) is 19.9. The van der Waals surface area contributed by atoms with Crippen LogP contribution >= 0.6 is 35.4 Å². The van der Waals surface area contributed by atoms with Gasteiger partial charge in [-0.1, -0.05) is 47.6 Å². The predicted octanol–water partition coefficient (Wildman–Crippen LogP) is 4.37. The molecule has 0 saturated heterocycles. The van der Waals surface area contributed by atoms with E-state index in [0.717, 1.165) is 0 Å². The highest BCUT2D eigenvalue weighted by Gasteiger charge is 2.23. The molecule has 0 fully saturated rings. The maximum atomic E-state index is 12.9. The highest BCUT2D eigenvalue weighted by atomic mass is 35.5. The van der Waals surface area contributed by atoms with Crippen molar-refractivity contribution in [1.29, 1.82) is 0 Å². The quantitative estimate of drug-likeness (QED) is 0.634. The Hall–Kier alpha value is -2.28. The Bertz CT molecular complexity index is 1130. The van der Waals surface area contributed by atoms with Gasteiger partial charge in [-0.15, -0.1) is 0 Å². The summed E-state index contributed by atoms with van der Waals surface area (Å²) in [6.07, 6.45) is 0. The molecule has 27 heavy (non-hydrogen) atoms. The summed E-state index contributed by atoms with van der Waals surface area (Å²) in [4.78, 5) is 14.7. The van der Waals surface area contributed by atoms with E-state index in [4.69, 9.17) is 40.2 Å². The summed E-state index contributed by atoms with van der Waals surface area (Å²) in [5.74, 6) is 0.154. The number of rotatable bonds is 3. The summed E-state index contributed by atoms with van der Waals surface area (Å²) in [5.41, 5.74) is 0.659. The smallest absolute Gasteiger partial charge is 0.264 e. The lowest BCUT2D eigenvalue weighted by atomic mass is 10.1. The summed E-state index contributed by atoms with van der Waals surface area (Å²) >= 11 is 17.9. The first-order valence-electron chi connectivity index (χ1n) is 7.89. The summed E-state index contributed by atoms with van der Waals surface area (Å²) in [7, 11) is 4.76. The van der Waals surface area contributed by atoms with Crippen molar-refractivity contribution in [3.63, 3.8) is 0 Å². The Morgan fingerprint density at radius 3 is 2.52 bits per heavy atom. The molecule has 1 N–H and O–H groups in total. The van der Waals surface area contributed by atoms with Crippen molar-refractivity contribution in [2.24, 2.45) is 7.05 Å². The van der Waals surface area contributed by atoms with Gasteiger partial charge in [-0.3, -0.25) is 4.79 Å². The van der Waals surface area contributed by atoms with Crippen molar-refractivity contribution in [3.05, 3.63) is 62.4 Å². The molecule has 140 valence electrons. The standard InChI is InChI=1S/C19H16Cl2N2O3S/c1-22-14-9-12(21)15(26-3)8-10(14)17(24)16(18(22)25)19(27)23(2)13-7-5-4-6-11(13)20/h4-9,24H,1-3H3. The van der Waals surface area contributed by atoms with Gasteiger partial charge < -0.3 is 19.3 Å². The Morgan fingerprint density at radius 2 is 1.89 bits per heavy atom. The number of aryl methyl sites for hydroxylation is 1. The van der Waals surface area contributed by atoms with E-state index in [2.05, 4.69) is 0 Å². The van der Waals surface area contributed by atoms with Gasteiger partial charge >= 0.3 is 0 Å². The average molecular weight is 423 g/mol. The molecular weight excluding hydrogens is 407 g/mol. The van der Waals surface area contributed by atoms with Gasteiger partial charge in [0.2, 0.25) is 0 Å². The molecule has 1 heterocycles. The fourth-order valence-corrected chi connectivity index (χ4v) is 3.65. The van der Waals surface area contributed by atoms with Crippen molar-refractivity contribution in [2.45, 2.75) is 0 Å². The summed E-state index contributed by atoms with van der Waals surface area (Å²) in [6.45, 7) is 0. The van der Waals surface area contributed by atoms with Gasteiger partial charge in [0.15, 0.2) is 0 Å². The lowest BCUT2D eigenvalue weighted by Crippen LogP contribution is -2.33. The molecule has 0 aliphatic carbocycles. The van der Waals surface area contributed by atoms with Gasteiger partial charge in [0.1, 0.15) is 22.1 Å². The zero-order valence-electron chi connectivity index (χ0n) is 14.8. The van der Waals surface area contributed by atoms with Crippen LogP contribution in [0.5, 0.6) is 11.5 Å². The molecule has 1 aromatic heterocycles. The van der Waals surface area contributed by atoms with Crippen LogP contribution in [0, 0.1) is 0 Å². The molecule has 0 unspecified atom stereocenters. The lowest BCUT2D eigenvalue weighted by molar-refractivity contribution is 0.415. The number of aromatic nitrogens is 1. The zero-order valence-corrected chi connectivity index (χ0v) is 17.1. The Kier molecular flexibility index (Phi) is 5.33. The molecule has 2 aromatic carbocycles. The number of halogens is 2. The second kappa shape index (κ2) is 7.38. The number of hydrogen-bond acceptors (Lipinski definition) is 4. The van der Waals surface area contributed by atoms with Crippen LogP contribution in [0.25, 0.3) is 10.9 Å². The van der Waals surface area contributed by atoms with Gasteiger partial charge in [0.25, 0.3) is 5.56 Å². The third-order valence-corrected chi connectivity index (χ3v) is 5.47. The number of aromatic hydroxyl groups is 1. The normalized spacial score (nSPS) is 10.9. The third kappa shape index (κ3) is 3.25. The van der Waals surface area contributed by atoms with Crippen molar-refractivity contribution in [3.8, 4) is 11.5 Å². The van der Waals surface area contributed by atoms with Crippen LogP contribution in [-0.2, 0) is 7.05 Å². The van der Waals surface area contributed by atoms with Crippen molar-refractivity contribution >= 4 is 57.0 Å². The highest BCUT2D eigenvalue weighted by molar-refractivity contribution is 7.81. The fraction of sp³-hybridized carbons (Fsp3) is 0.158. The van der Waals surface area contributed by atoms with E-state index in [-0.39, 0.29) is 16.3 Å². The highest BCUT2D eigenvalue weighted by Crippen LogP contribution is 2.35. The largest absolute Gasteiger partial charge is 0.506 e. The van der Waals surface area contributed by atoms with Crippen LogP contribution in [0.3, 0.4) is 0 Å². The number of para-hydroxylation sites is 1. The minimum absolute atomic E-state index is 0.00629. The maximum Gasteiger partial charge on any atom is 0.264 e. The first-order valence-corrected chi connectivity index (χ1v) is 9.06. The van der Waals surface area contributed by atoms with Crippen molar-refractivity contribution in [1.82, 2.24) is 4.57 Å². The van der Waals surface area contributed by atoms with Crippen LogP contribution in [0.2, 0.25) is 10.0 Å². The summed E-state index contributed by atoms with van der Waals surface area (Å²) in [5, 5.41) is 12.1. The van der Waals surface area contributed by atoms with E-state index >= 15 is 0 Å². The van der Waals surface area contributed by atoms with E-state index in [1.807, 2.05) is 6.07 Å². The minimum Gasteiger partial charge on any atom is -0.506 e. The molecule has 0 saturated carbocycles. The van der Waals surface area contributed by atoms with Gasteiger partial charge in [-0.05, 0) is 24.3 Å². The Balaban J connectivity index is 2.25. The van der Waals surface area contributed by atoms with E-state index in [9.17, 15) is 9.90 Å². The van der Waals surface area contributed by atoms with Crippen LogP contribution in [0.1, 0.15) is 5.56 Å². The Labute approximate surface area is 171 Å². The van der Waals surface area contributed by atoms with Crippen molar-refractivity contribution < 1.29 is 9.84 Å². The molecule has 5 nitrogen and oxygen atoms in total. The monoisotopic (exact) mass is 422 g/mol. The van der Waals surface area contributed by atoms with Gasteiger partial charge in [-0.25, -0.2) is 0 Å². The number of nitrogens with zero attached hydrogens (tertiary/aromatic N) is 2. The van der Waals surface area contributed by atoms with Crippen LogP contribution in [0.4, 0.5) is 5.69 Å². The number of ether oxygens (including phenoxy) is 1. The first-order chi connectivity index (χ1) is 12.8. The molecule has 3 rings (SSSR count). The number of anilines is 1. The second-order valence-corrected chi connectivity index (χ2v) is 7.11. The number of thiocarbonyl (C=S) groups is 1. The van der Waals surface area contributed by atoms with Crippen LogP contribution < -0.4 is 15.2 Å². The molecule has 0 atom stereocenters. The molecular formula is C19H16Cl2N2O3S. The van der Waals surface area contributed by atoms with E-state index in [1.54, 1.807) is 49.3 Å². The van der Waals surface area contributed by atoms with Gasteiger partial charge in [-0.2, -0.15) is 0 Å². The van der Waals surface area contributed by atoms with Crippen LogP contribution in [0.15, 0.2) is 41.2 Å². The average Bonchev–Trinajstić information content (AvgIpc) is 2.65. The predicted molar refractivity (Wildman–Crippen MR) is 114 cm³/mol.